The maximum absolute atomic E-state index is 12.3. The van der Waals surface area contributed by atoms with Gasteiger partial charge in [-0.3, -0.25) is 14.6 Å². The highest BCUT2D eigenvalue weighted by molar-refractivity contribution is 6.02. The molecule has 0 radical (unpaired) electrons. The van der Waals surface area contributed by atoms with E-state index in [1.54, 1.807) is 24.5 Å². The summed E-state index contributed by atoms with van der Waals surface area (Å²) >= 11 is 0. The van der Waals surface area contributed by atoms with Crippen molar-refractivity contribution >= 4 is 34.5 Å². The number of hydrogen-bond donors (Lipinski definition) is 0. The number of amides is 2. The zero-order valence-electron chi connectivity index (χ0n) is 20.0. The summed E-state index contributed by atoms with van der Waals surface area (Å²) in [5, 5.41) is 1.45. The summed E-state index contributed by atoms with van der Waals surface area (Å²) < 4.78 is 5.86. The molecule has 0 bridgehead atoms. The van der Waals surface area contributed by atoms with Crippen LogP contribution in [0.15, 0.2) is 73.1 Å². The van der Waals surface area contributed by atoms with Gasteiger partial charge >= 0.3 is 5.97 Å². The molecule has 0 spiro atoms. The molecule has 1 fully saturated rings. The maximum atomic E-state index is 12.3. The molecule has 0 N–H and O–H groups in total. The molecule has 10 nitrogen and oxygen atoms in total. The van der Waals surface area contributed by atoms with Crippen molar-refractivity contribution in [1.29, 1.82) is 0 Å². The van der Waals surface area contributed by atoms with E-state index >= 15 is 0 Å². The standard InChI is InChI=1S/C27H23N5O5/c1-31(26-21-6-2-3-7-22(21)29-25(30-26)19-5-4-14-28-17-19)15-16-36-20-10-8-18(9-11-20)27(35)37-32-23(33)12-13-24(32)34/h2-11,14,17H,12-13,15-16H2,1H3. The van der Waals surface area contributed by atoms with Gasteiger partial charge in [0, 0.05) is 43.2 Å². The Hall–Kier alpha value is -4.86. The molecular weight excluding hydrogens is 474 g/mol. The molecule has 186 valence electrons. The van der Waals surface area contributed by atoms with Gasteiger partial charge in [-0.15, -0.1) is 5.06 Å². The SMILES string of the molecule is CN(CCOc1ccc(C(=O)ON2C(=O)CCC2=O)cc1)c1nc(-c2cccnc2)nc2ccccc12. The van der Waals surface area contributed by atoms with Gasteiger partial charge in [0.2, 0.25) is 0 Å². The Kier molecular flexibility index (Phi) is 6.71. The van der Waals surface area contributed by atoms with Crippen LogP contribution in [0.2, 0.25) is 0 Å². The van der Waals surface area contributed by atoms with E-state index in [2.05, 4.69) is 4.98 Å². The van der Waals surface area contributed by atoms with E-state index in [0.29, 0.717) is 29.8 Å². The lowest BCUT2D eigenvalue weighted by atomic mass is 10.2. The Morgan fingerprint density at radius 3 is 2.46 bits per heavy atom. The number of carbonyl (C=O) groups is 3. The first kappa shape index (κ1) is 23.9. The third-order valence-corrected chi connectivity index (χ3v) is 5.83. The number of imide groups is 1. The molecule has 1 aliphatic rings. The number of fused-ring (bicyclic) bond motifs is 1. The number of rotatable bonds is 8. The van der Waals surface area contributed by atoms with Gasteiger partial charge in [-0.1, -0.05) is 12.1 Å². The van der Waals surface area contributed by atoms with Gasteiger partial charge in [-0.05, 0) is 48.5 Å². The number of likely N-dealkylation sites (N-methyl/N-ethyl adjacent to an activating group) is 1. The molecule has 3 heterocycles. The van der Waals surface area contributed by atoms with Crippen LogP contribution in [0.4, 0.5) is 5.82 Å². The van der Waals surface area contributed by atoms with Crippen molar-refractivity contribution in [2.75, 3.05) is 25.1 Å². The number of carbonyl (C=O) groups excluding carboxylic acids is 3. The molecule has 0 unspecified atom stereocenters. The highest BCUT2D eigenvalue weighted by Crippen LogP contribution is 2.26. The Morgan fingerprint density at radius 1 is 0.973 bits per heavy atom. The first-order chi connectivity index (χ1) is 18.0. The highest BCUT2D eigenvalue weighted by atomic mass is 16.7. The number of aromatic nitrogens is 3. The number of hydrogen-bond acceptors (Lipinski definition) is 9. The van der Waals surface area contributed by atoms with Crippen LogP contribution in [0, 0.1) is 0 Å². The van der Waals surface area contributed by atoms with E-state index in [9.17, 15) is 14.4 Å². The summed E-state index contributed by atoms with van der Waals surface area (Å²) in [6, 6.07) is 17.9. The van der Waals surface area contributed by atoms with Crippen LogP contribution >= 0.6 is 0 Å². The van der Waals surface area contributed by atoms with Crippen LogP contribution in [-0.4, -0.2) is 58.0 Å². The second kappa shape index (κ2) is 10.4. The normalized spacial score (nSPS) is 13.2. The largest absolute Gasteiger partial charge is 0.492 e. The van der Waals surface area contributed by atoms with E-state index in [0.717, 1.165) is 22.3 Å². The molecule has 1 aliphatic heterocycles. The Morgan fingerprint density at radius 2 is 1.73 bits per heavy atom. The van der Waals surface area contributed by atoms with E-state index in [4.69, 9.17) is 19.5 Å². The molecule has 10 heteroatoms. The monoisotopic (exact) mass is 497 g/mol. The quantitative estimate of drug-likeness (QED) is 0.338. The zero-order valence-corrected chi connectivity index (χ0v) is 20.0. The van der Waals surface area contributed by atoms with Crippen molar-refractivity contribution in [3.63, 3.8) is 0 Å². The fraction of sp³-hybridized carbons (Fsp3) is 0.185. The third kappa shape index (κ3) is 5.22. The van der Waals surface area contributed by atoms with Gasteiger partial charge in [0.15, 0.2) is 5.82 Å². The van der Waals surface area contributed by atoms with E-state index in [-0.39, 0.29) is 18.4 Å². The van der Waals surface area contributed by atoms with Crippen molar-refractivity contribution < 1.29 is 24.0 Å². The minimum Gasteiger partial charge on any atom is -0.492 e. The van der Waals surface area contributed by atoms with Crippen molar-refractivity contribution in [3.8, 4) is 17.1 Å². The predicted molar refractivity (Wildman–Crippen MR) is 134 cm³/mol. The van der Waals surface area contributed by atoms with E-state index < -0.39 is 17.8 Å². The Bertz CT molecular complexity index is 1440. The van der Waals surface area contributed by atoms with Gasteiger partial charge in [0.25, 0.3) is 11.8 Å². The molecule has 2 amide bonds. The summed E-state index contributed by atoms with van der Waals surface area (Å²) in [5.74, 6) is 0.0984. The number of para-hydroxylation sites is 1. The molecule has 1 saturated heterocycles. The smallest absolute Gasteiger partial charge is 0.363 e. The van der Waals surface area contributed by atoms with Crippen molar-refractivity contribution in [1.82, 2.24) is 20.0 Å². The number of pyridine rings is 1. The van der Waals surface area contributed by atoms with Gasteiger partial charge in [-0.25, -0.2) is 14.8 Å². The van der Waals surface area contributed by atoms with Gasteiger partial charge < -0.3 is 14.5 Å². The van der Waals surface area contributed by atoms with Crippen LogP contribution in [0.25, 0.3) is 22.3 Å². The predicted octanol–water partition coefficient (Wildman–Crippen LogP) is 3.43. The summed E-state index contributed by atoms with van der Waals surface area (Å²) in [5.41, 5.74) is 1.86. The fourth-order valence-electron chi connectivity index (χ4n) is 3.86. The molecule has 2 aromatic carbocycles. The summed E-state index contributed by atoms with van der Waals surface area (Å²) in [7, 11) is 1.94. The molecule has 0 saturated carbocycles. The second-order valence-electron chi connectivity index (χ2n) is 8.38. The van der Waals surface area contributed by atoms with Gasteiger partial charge in [-0.2, -0.15) is 0 Å². The van der Waals surface area contributed by atoms with Crippen LogP contribution in [0.5, 0.6) is 5.75 Å². The summed E-state index contributed by atoms with van der Waals surface area (Å²) in [6.07, 6.45) is 3.53. The molecular formula is C27H23N5O5. The van der Waals surface area contributed by atoms with Crippen molar-refractivity contribution in [2.45, 2.75) is 12.8 Å². The van der Waals surface area contributed by atoms with E-state index in [1.165, 1.54) is 12.1 Å². The van der Waals surface area contributed by atoms with Crippen molar-refractivity contribution in [2.24, 2.45) is 0 Å². The third-order valence-electron chi connectivity index (χ3n) is 5.83. The lowest BCUT2D eigenvalue weighted by molar-refractivity contribution is -0.172. The first-order valence-electron chi connectivity index (χ1n) is 11.7. The molecule has 37 heavy (non-hydrogen) atoms. The second-order valence-corrected chi connectivity index (χ2v) is 8.38. The average Bonchev–Trinajstić information content (AvgIpc) is 3.25. The summed E-state index contributed by atoms with van der Waals surface area (Å²) in [6.45, 7) is 0.897. The Labute approximate surface area is 212 Å². The molecule has 0 aliphatic carbocycles. The van der Waals surface area contributed by atoms with Crippen LogP contribution in [0.3, 0.4) is 0 Å². The fourth-order valence-corrected chi connectivity index (χ4v) is 3.86. The number of nitrogens with zero attached hydrogens (tertiary/aromatic N) is 5. The van der Waals surface area contributed by atoms with E-state index in [1.807, 2.05) is 48.3 Å². The number of ether oxygens (including phenoxy) is 1. The van der Waals surface area contributed by atoms with Gasteiger partial charge in [0.05, 0.1) is 17.6 Å². The lowest BCUT2D eigenvalue weighted by Crippen LogP contribution is -2.32. The zero-order chi connectivity index (χ0) is 25.8. The number of benzene rings is 2. The average molecular weight is 498 g/mol. The van der Waals surface area contributed by atoms with Gasteiger partial charge in [0.1, 0.15) is 18.2 Å². The molecule has 0 atom stereocenters. The summed E-state index contributed by atoms with van der Waals surface area (Å²) in [4.78, 5) is 56.1. The maximum Gasteiger partial charge on any atom is 0.363 e. The molecule has 4 aromatic rings. The lowest BCUT2D eigenvalue weighted by Gasteiger charge is -2.21. The number of hydroxylamine groups is 2. The van der Waals surface area contributed by atoms with Crippen LogP contribution in [0.1, 0.15) is 23.2 Å². The molecule has 2 aromatic heterocycles. The van der Waals surface area contributed by atoms with Crippen LogP contribution < -0.4 is 9.64 Å². The Balaban J connectivity index is 1.23. The van der Waals surface area contributed by atoms with Crippen molar-refractivity contribution in [3.05, 3.63) is 78.6 Å². The topological polar surface area (TPSA) is 115 Å². The molecule has 5 rings (SSSR count). The minimum absolute atomic E-state index is 0.0446. The first-order valence-corrected chi connectivity index (χ1v) is 11.7. The highest BCUT2D eigenvalue weighted by Gasteiger charge is 2.33. The minimum atomic E-state index is -0.782. The van der Waals surface area contributed by atoms with Crippen LogP contribution in [-0.2, 0) is 14.4 Å². The number of anilines is 1.